The summed E-state index contributed by atoms with van der Waals surface area (Å²) >= 11 is 0. The van der Waals surface area contributed by atoms with Gasteiger partial charge in [-0.2, -0.15) is 13.2 Å². The Balaban J connectivity index is 3.91. The molecule has 0 saturated carbocycles. The molecule has 0 aliphatic carbocycles. The predicted octanol–water partition coefficient (Wildman–Crippen LogP) is 2.83. The molecule has 0 rings (SSSR count). The molecule has 0 radical (unpaired) electrons. The Kier molecular flexibility index (Phi) is 6.99. The van der Waals surface area contributed by atoms with Crippen LogP contribution in [0.1, 0.15) is 46.0 Å². The highest BCUT2D eigenvalue weighted by Crippen LogP contribution is 2.18. The molecule has 0 aliphatic rings. The second-order valence-electron chi connectivity index (χ2n) is 4.54. The SMILES string of the molecule is CCCCCCC(C)(CN)NCC(F)(F)F. The van der Waals surface area contributed by atoms with Crippen LogP contribution >= 0.6 is 0 Å². The number of nitrogens with one attached hydrogen (secondary N) is 1. The Morgan fingerprint density at radius 3 is 2.19 bits per heavy atom. The second kappa shape index (κ2) is 7.12. The van der Waals surface area contributed by atoms with Gasteiger partial charge in [0.25, 0.3) is 0 Å². The molecule has 0 aliphatic heterocycles. The first-order valence-electron chi connectivity index (χ1n) is 5.85. The third kappa shape index (κ3) is 7.93. The van der Waals surface area contributed by atoms with Crippen LogP contribution in [0.3, 0.4) is 0 Å². The zero-order valence-corrected chi connectivity index (χ0v) is 10.2. The van der Waals surface area contributed by atoms with Crippen molar-refractivity contribution in [2.75, 3.05) is 13.1 Å². The van der Waals surface area contributed by atoms with Gasteiger partial charge in [-0.15, -0.1) is 0 Å². The molecule has 0 spiro atoms. The molecule has 0 aromatic carbocycles. The van der Waals surface area contributed by atoms with E-state index in [0.29, 0.717) is 6.42 Å². The Morgan fingerprint density at radius 1 is 1.12 bits per heavy atom. The number of halogens is 3. The van der Waals surface area contributed by atoms with Crippen molar-refractivity contribution in [3.63, 3.8) is 0 Å². The molecule has 2 nitrogen and oxygen atoms in total. The van der Waals surface area contributed by atoms with Crippen molar-refractivity contribution >= 4 is 0 Å². The summed E-state index contributed by atoms with van der Waals surface area (Å²) in [6.07, 6.45) is 0.751. The van der Waals surface area contributed by atoms with E-state index in [1.54, 1.807) is 6.92 Å². The van der Waals surface area contributed by atoms with E-state index in [9.17, 15) is 13.2 Å². The maximum absolute atomic E-state index is 12.1. The van der Waals surface area contributed by atoms with Crippen LogP contribution in [0.15, 0.2) is 0 Å². The zero-order chi connectivity index (χ0) is 12.7. The molecule has 98 valence electrons. The molecule has 16 heavy (non-hydrogen) atoms. The quantitative estimate of drug-likeness (QED) is 0.640. The molecule has 5 heteroatoms. The summed E-state index contributed by atoms with van der Waals surface area (Å²) in [5, 5.41) is 2.51. The van der Waals surface area contributed by atoms with Crippen molar-refractivity contribution in [3.8, 4) is 0 Å². The van der Waals surface area contributed by atoms with E-state index >= 15 is 0 Å². The monoisotopic (exact) mass is 240 g/mol. The molecule has 0 bridgehead atoms. The minimum Gasteiger partial charge on any atom is -0.329 e. The fraction of sp³-hybridized carbons (Fsp3) is 1.00. The van der Waals surface area contributed by atoms with Gasteiger partial charge in [0.2, 0.25) is 0 Å². The van der Waals surface area contributed by atoms with E-state index in [2.05, 4.69) is 12.2 Å². The van der Waals surface area contributed by atoms with Crippen LogP contribution in [-0.2, 0) is 0 Å². The number of alkyl halides is 3. The lowest BCUT2D eigenvalue weighted by Gasteiger charge is -2.30. The zero-order valence-electron chi connectivity index (χ0n) is 10.2. The van der Waals surface area contributed by atoms with Gasteiger partial charge in [-0.1, -0.05) is 32.6 Å². The summed E-state index contributed by atoms with van der Waals surface area (Å²) in [7, 11) is 0. The van der Waals surface area contributed by atoms with Gasteiger partial charge >= 0.3 is 6.18 Å². The molecule has 0 fully saturated rings. The predicted molar refractivity (Wildman–Crippen MR) is 60.3 cm³/mol. The number of rotatable bonds is 8. The fourth-order valence-electron chi connectivity index (χ4n) is 1.52. The average molecular weight is 240 g/mol. The van der Waals surface area contributed by atoms with E-state index in [1.807, 2.05) is 0 Å². The maximum atomic E-state index is 12.1. The lowest BCUT2D eigenvalue weighted by Crippen LogP contribution is -2.51. The van der Waals surface area contributed by atoms with Gasteiger partial charge in [0.1, 0.15) is 0 Å². The molecule has 0 aromatic heterocycles. The van der Waals surface area contributed by atoms with Crippen LogP contribution in [0, 0.1) is 0 Å². The summed E-state index contributed by atoms with van der Waals surface area (Å²) in [6, 6.07) is 0. The van der Waals surface area contributed by atoms with E-state index in [1.165, 1.54) is 0 Å². The Hall–Kier alpha value is -0.290. The van der Waals surface area contributed by atoms with Crippen molar-refractivity contribution < 1.29 is 13.2 Å². The van der Waals surface area contributed by atoms with Gasteiger partial charge in [0.15, 0.2) is 0 Å². The maximum Gasteiger partial charge on any atom is 0.401 e. The molecule has 0 heterocycles. The molecule has 1 atom stereocenters. The van der Waals surface area contributed by atoms with Gasteiger partial charge in [0, 0.05) is 12.1 Å². The van der Waals surface area contributed by atoms with Gasteiger partial charge in [-0.25, -0.2) is 0 Å². The molecule has 1 unspecified atom stereocenters. The molecule has 0 saturated heterocycles. The standard InChI is InChI=1S/C11H23F3N2/c1-3-4-5-6-7-10(2,8-15)16-9-11(12,13)14/h16H,3-9,15H2,1-2H3. The van der Waals surface area contributed by atoms with E-state index < -0.39 is 18.3 Å². The molecular formula is C11H23F3N2. The number of hydrogen-bond acceptors (Lipinski definition) is 2. The van der Waals surface area contributed by atoms with Crippen molar-refractivity contribution in [1.82, 2.24) is 5.32 Å². The number of hydrogen-bond donors (Lipinski definition) is 2. The van der Waals surface area contributed by atoms with Crippen molar-refractivity contribution in [3.05, 3.63) is 0 Å². The number of unbranched alkanes of at least 4 members (excludes halogenated alkanes) is 3. The summed E-state index contributed by atoms with van der Waals surface area (Å²) in [5.41, 5.74) is 4.93. The Labute approximate surface area is 95.8 Å². The van der Waals surface area contributed by atoms with Crippen LogP contribution in [0.5, 0.6) is 0 Å². The van der Waals surface area contributed by atoms with Crippen LogP contribution in [0.2, 0.25) is 0 Å². The van der Waals surface area contributed by atoms with Crippen LogP contribution in [0.4, 0.5) is 13.2 Å². The van der Waals surface area contributed by atoms with Crippen molar-refractivity contribution in [2.24, 2.45) is 5.73 Å². The largest absolute Gasteiger partial charge is 0.401 e. The minimum absolute atomic E-state index is 0.231. The van der Waals surface area contributed by atoms with E-state index in [4.69, 9.17) is 5.73 Å². The minimum atomic E-state index is -4.17. The van der Waals surface area contributed by atoms with Crippen molar-refractivity contribution in [2.45, 2.75) is 57.7 Å². The highest BCUT2D eigenvalue weighted by Gasteiger charge is 2.31. The molecule has 0 aromatic rings. The van der Waals surface area contributed by atoms with Gasteiger partial charge in [-0.05, 0) is 13.3 Å². The molecular weight excluding hydrogens is 217 g/mol. The van der Waals surface area contributed by atoms with Crippen molar-refractivity contribution in [1.29, 1.82) is 0 Å². The normalized spacial score (nSPS) is 16.1. The highest BCUT2D eigenvalue weighted by atomic mass is 19.4. The first kappa shape index (κ1) is 15.7. The smallest absolute Gasteiger partial charge is 0.329 e. The van der Waals surface area contributed by atoms with Gasteiger partial charge in [0.05, 0.1) is 6.54 Å². The summed E-state index contributed by atoms with van der Waals surface area (Å²) in [6.45, 7) is 3.12. The Morgan fingerprint density at radius 2 is 1.75 bits per heavy atom. The van der Waals surface area contributed by atoms with Crippen LogP contribution in [-0.4, -0.2) is 24.8 Å². The lowest BCUT2D eigenvalue weighted by atomic mass is 9.94. The lowest BCUT2D eigenvalue weighted by molar-refractivity contribution is -0.128. The number of nitrogens with two attached hydrogens (primary N) is 1. The third-order valence-electron chi connectivity index (χ3n) is 2.75. The van der Waals surface area contributed by atoms with Gasteiger partial charge in [-0.3, -0.25) is 0 Å². The van der Waals surface area contributed by atoms with Crippen LogP contribution < -0.4 is 11.1 Å². The summed E-state index contributed by atoms with van der Waals surface area (Å²) in [5.74, 6) is 0. The average Bonchev–Trinajstić information content (AvgIpc) is 2.21. The van der Waals surface area contributed by atoms with E-state index in [0.717, 1.165) is 25.7 Å². The first-order chi connectivity index (χ1) is 7.33. The van der Waals surface area contributed by atoms with Crippen LogP contribution in [0.25, 0.3) is 0 Å². The molecule has 3 N–H and O–H groups in total. The summed E-state index contributed by atoms with van der Waals surface area (Å²) in [4.78, 5) is 0. The fourth-order valence-corrected chi connectivity index (χ4v) is 1.52. The third-order valence-corrected chi connectivity index (χ3v) is 2.75. The Bertz CT molecular complexity index is 183. The molecule has 0 amide bonds. The van der Waals surface area contributed by atoms with Gasteiger partial charge < -0.3 is 11.1 Å². The first-order valence-corrected chi connectivity index (χ1v) is 5.85. The topological polar surface area (TPSA) is 38.0 Å². The highest BCUT2D eigenvalue weighted by molar-refractivity contribution is 4.84. The van der Waals surface area contributed by atoms with E-state index in [-0.39, 0.29) is 6.54 Å². The second-order valence-corrected chi connectivity index (χ2v) is 4.54. The summed E-state index contributed by atoms with van der Waals surface area (Å²) < 4.78 is 36.2.